The SMILES string of the molecule is O=C([C@@H]1C=C2c3cccc4[nH]cc(c34)C[C@H]2N(C(=O)Nc2ccccc2)C1)N1C=CCCC1. The normalized spacial score (nSPS) is 21.5. The molecule has 0 radical (unpaired) electrons. The van der Waals surface area contributed by atoms with Crippen molar-refractivity contribution in [2.75, 3.05) is 18.4 Å². The average Bonchev–Trinajstić information content (AvgIpc) is 3.28. The van der Waals surface area contributed by atoms with Crippen molar-refractivity contribution in [3.05, 3.63) is 84.2 Å². The maximum Gasteiger partial charge on any atom is 0.322 e. The molecular weight excluding hydrogens is 412 g/mol. The number of aromatic nitrogens is 1. The topological polar surface area (TPSA) is 68.4 Å². The molecule has 0 unspecified atom stereocenters. The maximum absolute atomic E-state index is 13.5. The molecule has 3 aromatic rings. The van der Waals surface area contributed by atoms with Crippen molar-refractivity contribution in [2.45, 2.75) is 25.3 Å². The molecule has 6 heteroatoms. The highest BCUT2D eigenvalue weighted by molar-refractivity contribution is 6.01. The molecule has 0 bridgehead atoms. The summed E-state index contributed by atoms with van der Waals surface area (Å²) in [6.45, 7) is 1.10. The highest BCUT2D eigenvalue weighted by atomic mass is 16.2. The Labute approximate surface area is 192 Å². The zero-order chi connectivity index (χ0) is 22.4. The number of H-pyrrole nitrogens is 1. The smallest absolute Gasteiger partial charge is 0.322 e. The van der Waals surface area contributed by atoms with Crippen LogP contribution in [0.5, 0.6) is 0 Å². The minimum atomic E-state index is -0.378. The van der Waals surface area contributed by atoms with Crippen LogP contribution in [0.15, 0.2) is 73.1 Å². The number of hydrogen-bond acceptors (Lipinski definition) is 2. The first-order valence-corrected chi connectivity index (χ1v) is 11.6. The second kappa shape index (κ2) is 7.96. The number of urea groups is 1. The lowest BCUT2D eigenvalue weighted by Crippen LogP contribution is -2.52. The van der Waals surface area contributed by atoms with Gasteiger partial charge in [-0.05, 0) is 54.2 Å². The van der Waals surface area contributed by atoms with Crippen LogP contribution in [0.2, 0.25) is 0 Å². The second-order valence-corrected chi connectivity index (χ2v) is 9.00. The van der Waals surface area contributed by atoms with Crippen molar-refractivity contribution in [1.29, 1.82) is 0 Å². The molecule has 3 aliphatic rings. The van der Waals surface area contributed by atoms with Crippen LogP contribution in [0.3, 0.4) is 0 Å². The Kier molecular flexibility index (Phi) is 4.79. The van der Waals surface area contributed by atoms with E-state index < -0.39 is 0 Å². The van der Waals surface area contributed by atoms with Crippen molar-refractivity contribution in [3.63, 3.8) is 0 Å². The molecule has 2 aromatic carbocycles. The monoisotopic (exact) mass is 438 g/mol. The fourth-order valence-corrected chi connectivity index (χ4v) is 5.39. The van der Waals surface area contributed by atoms with Gasteiger partial charge in [-0.1, -0.05) is 42.5 Å². The van der Waals surface area contributed by atoms with Gasteiger partial charge in [-0.3, -0.25) is 4.79 Å². The summed E-state index contributed by atoms with van der Waals surface area (Å²) in [5.74, 6) is -0.322. The Morgan fingerprint density at radius 3 is 2.76 bits per heavy atom. The van der Waals surface area contributed by atoms with Crippen molar-refractivity contribution in [2.24, 2.45) is 5.92 Å². The third-order valence-corrected chi connectivity index (χ3v) is 6.96. The first-order chi connectivity index (χ1) is 16.2. The molecule has 0 saturated heterocycles. The van der Waals surface area contributed by atoms with Crippen molar-refractivity contribution < 1.29 is 9.59 Å². The zero-order valence-electron chi connectivity index (χ0n) is 18.3. The number of nitrogens with zero attached hydrogens (tertiary/aromatic N) is 2. The quantitative estimate of drug-likeness (QED) is 0.605. The lowest BCUT2D eigenvalue weighted by Gasteiger charge is -2.42. The minimum absolute atomic E-state index is 0.0569. The van der Waals surface area contributed by atoms with E-state index in [1.54, 1.807) is 0 Å². The fraction of sp³-hybridized carbons (Fsp3) is 0.259. The van der Waals surface area contributed by atoms with Crippen LogP contribution in [0.4, 0.5) is 10.5 Å². The van der Waals surface area contributed by atoms with Gasteiger partial charge < -0.3 is 20.1 Å². The van der Waals surface area contributed by atoms with Gasteiger partial charge in [0.2, 0.25) is 5.91 Å². The van der Waals surface area contributed by atoms with E-state index in [0.29, 0.717) is 6.54 Å². The summed E-state index contributed by atoms with van der Waals surface area (Å²) in [4.78, 5) is 34.0. The molecule has 2 atom stereocenters. The number of anilines is 1. The van der Waals surface area contributed by atoms with Gasteiger partial charge in [0.25, 0.3) is 0 Å². The first-order valence-electron chi connectivity index (χ1n) is 11.6. The van der Waals surface area contributed by atoms with Crippen molar-refractivity contribution >= 4 is 34.1 Å². The lowest BCUT2D eigenvalue weighted by atomic mass is 9.79. The Morgan fingerprint density at radius 2 is 1.94 bits per heavy atom. The predicted octanol–water partition coefficient (Wildman–Crippen LogP) is 4.78. The number of para-hydroxylation sites is 1. The number of amides is 3. The van der Waals surface area contributed by atoms with Crippen molar-refractivity contribution in [1.82, 2.24) is 14.8 Å². The van der Waals surface area contributed by atoms with E-state index >= 15 is 0 Å². The number of aromatic amines is 1. The fourth-order valence-electron chi connectivity index (χ4n) is 5.39. The number of carbonyl (C=O) groups is 2. The molecule has 6 nitrogen and oxygen atoms in total. The zero-order valence-corrected chi connectivity index (χ0v) is 18.3. The number of carbonyl (C=O) groups excluding carboxylic acids is 2. The summed E-state index contributed by atoms with van der Waals surface area (Å²) in [7, 11) is 0. The van der Waals surface area contributed by atoms with Crippen LogP contribution in [0, 0.1) is 5.92 Å². The molecule has 166 valence electrons. The van der Waals surface area contributed by atoms with E-state index in [9.17, 15) is 9.59 Å². The van der Waals surface area contributed by atoms with E-state index in [-0.39, 0.29) is 23.9 Å². The van der Waals surface area contributed by atoms with E-state index in [2.05, 4.69) is 28.5 Å². The summed E-state index contributed by atoms with van der Waals surface area (Å²) < 4.78 is 0. The maximum atomic E-state index is 13.5. The van der Waals surface area contributed by atoms with Gasteiger partial charge in [-0.2, -0.15) is 0 Å². The van der Waals surface area contributed by atoms with Gasteiger partial charge in [0, 0.05) is 42.1 Å². The first kappa shape index (κ1) is 19.9. The molecule has 3 amide bonds. The van der Waals surface area contributed by atoms with Gasteiger partial charge in [0.05, 0.1) is 12.0 Å². The highest BCUT2D eigenvalue weighted by Gasteiger charge is 2.40. The summed E-state index contributed by atoms with van der Waals surface area (Å²) in [6, 6.07) is 15.4. The predicted molar refractivity (Wildman–Crippen MR) is 130 cm³/mol. The number of rotatable bonds is 2. The summed E-state index contributed by atoms with van der Waals surface area (Å²) in [6.07, 6.45) is 10.8. The van der Waals surface area contributed by atoms with Crippen LogP contribution in [-0.4, -0.2) is 45.9 Å². The van der Waals surface area contributed by atoms with Crippen LogP contribution in [0.1, 0.15) is 24.0 Å². The number of allylic oxidation sites excluding steroid dienone is 1. The molecular formula is C27H26N4O2. The molecule has 2 N–H and O–H groups in total. The number of fused-ring (bicyclic) bond motifs is 2. The summed E-state index contributed by atoms with van der Waals surface area (Å²) in [5.41, 5.74) is 5.24. The highest BCUT2D eigenvalue weighted by Crippen LogP contribution is 2.41. The van der Waals surface area contributed by atoms with Gasteiger partial charge in [-0.15, -0.1) is 0 Å². The van der Waals surface area contributed by atoms with Crippen LogP contribution >= 0.6 is 0 Å². The average molecular weight is 439 g/mol. The third-order valence-electron chi connectivity index (χ3n) is 6.96. The third kappa shape index (κ3) is 3.42. The molecule has 33 heavy (non-hydrogen) atoms. The Bertz CT molecular complexity index is 1290. The molecule has 2 aliphatic heterocycles. The summed E-state index contributed by atoms with van der Waals surface area (Å²) >= 11 is 0. The Hall–Kier alpha value is -3.80. The minimum Gasteiger partial charge on any atom is -0.361 e. The van der Waals surface area contributed by atoms with Gasteiger partial charge in [0.15, 0.2) is 0 Å². The largest absolute Gasteiger partial charge is 0.361 e. The number of benzene rings is 2. The Morgan fingerprint density at radius 1 is 1.06 bits per heavy atom. The van der Waals surface area contributed by atoms with Crippen molar-refractivity contribution in [3.8, 4) is 0 Å². The molecule has 1 aliphatic carbocycles. The van der Waals surface area contributed by atoms with E-state index in [1.807, 2.05) is 64.7 Å². The van der Waals surface area contributed by atoms with Gasteiger partial charge >= 0.3 is 6.03 Å². The number of hydrogen-bond donors (Lipinski definition) is 2. The molecule has 0 saturated carbocycles. The van der Waals surface area contributed by atoms with Crippen LogP contribution in [0.25, 0.3) is 16.5 Å². The summed E-state index contributed by atoms with van der Waals surface area (Å²) in [5, 5.41) is 4.24. The van der Waals surface area contributed by atoms with E-state index in [4.69, 9.17) is 0 Å². The van der Waals surface area contributed by atoms with Crippen LogP contribution < -0.4 is 5.32 Å². The van der Waals surface area contributed by atoms with E-state index in [0.717, 1.165) is 48.1 Å². The van der Waals surface area contributed by atoms with E-state index in [1.165, 1.54) is 10.9 Å². The standard InChI is InChI=1S/C27H26N4O2/c32-26(30-12-5-2-6-13-30)19-14-22-21-10-7-11-23-25(21)18(16-28-23)15-24(22)31(17-19)27(33)29-20-8-3-1-4-9-20/h1,3-5,7-12,14,16,19,24,28H,2,6,13,15,17H2,(H,29,33)/t19-,24-/m1/s1. The lowest BCUT2D eigenvalue weighted by molar-refractivity contribution is -0.132. The van der Waals surface area contributed by atoms with Gasteiger partial charge in [-0.25, -0.2) is 4.79 Å². The van der Waals surface area contributed by atoms with Gasteiger partial charge in [0.1, 0.15) is 0 Å². The molecule has 1 aromatic heterocycles. The molecule has 0 fully saturated rings. The number of nitrogens with one attached hydrogen (secondary N) is 2. The second-order valence-electron chi connectivity index (χ2n) is 9.00. The molecule has 0 spiro atoms. The molecule has 6 rings (SSSR count). The molecule has 3 heterocycles. The van der Waals surface area contributed by atoms with Crippen LogP contribution in [-0.2, 0) is 11.2 Å². The Balaban J connectivity index is 1.40.